The van der Waals surface area contributed by atoms with Crippen LogP contribution >= 0.6 is 0 Å². The molecule has 0 radical (unpaired) electrons. The summed E-state index contributed by atoms with van der Waals surface area (Å²) in [6, 6.07) is 20.5. The average Bonchev–Trinajstić information content (AvgIpc) is 3.56. The SMILES string of the molecule is Cc1ncnc(C)c1C(=O)N1CC2=CN(CCC3(c4ccccc4)CCN(C(=O)c4ccccc4)CC3)CC2C1. The molecule has 7 nitrogen and oxygen atoms in total. The van der Waals surface area contributed by atoms with Crippen molar-refractivity contribution in [3.05, 3.63) is 107 Å². The molecule has 0 bridgehead atoms. The van der Waals surface area contributed by atoms with Gasteiger partial charge in [0.2, 0.25) is 0 Å². The van der Waals surface area contributed by atoms with Gasteiger partial charge in [-0.25, -0.2) is 9.97 Å². The van der Waals surface area contributed by atoms with Crippen LogP contribution in [0.15, 0.2) is 78.8 Å². The van der Waals surface area contributed by atoms with Gasteiger partial charge in [0.1, 0.15) is 6.33 Å². The fourth-order valence-corrected chi connectivity index (χ4v) is 6.79. The van der Waals surface area contributed by atoms with E-state index in [2.05, 4.69) is 51.4 Å². The van der Waals surface area contributed by atoms with Crippen LogP contribution in [0.1, 0.15) is 56.9 Å². The quantitative estimate of drug-likeness (QED) is 0.460. The maximum absolute atomic E-state index is 13.3. The Hall–Kier alpha value is -4.00. The Balaban J connectivity index is 1.11. The van der Waals surface area contributed by atoms with E-state index in [9.17, 15) is 9.59 Å². The van der Waals surface area contributed by atoms with E-state index in [4.69, 9.17) is 0 Å². The van der Waals surface area contributed by atoms with Gasteiger partial charge in [-0.05, 0) is 56.4 Å². The molecule has 3 aliphatic rings. The van der Waals surface area contributed by atoms with Crippen LogP contribution in [0.5, 0.6) is 0 Å². The molecule has 0 saturated carbocycles. The summed E-state index contributed by atoms with van der Waals surface area (Å²) in [5.41, 5.74) is 5.67. The summed E-state index contributed by atoms with van der Waals surface area (Å²) in [7, 11) is 0. The molecule has 1 aromatic heterocycles. The molecular formula is C33H37N5O2. The van der Waals surface area contributed by atoms with Crippen molar-refractivity contribution in [3.63, 3.8) is 0 Å². The lowest BCUT2D eigenvalue weighted by molar-refractivity contribution is 0.0653. The molecule has 206 valence electrons. The zero-order valence-corrected chi connectivity index (χ0v) is 23.4. The Bertz CT molecular complexity index is 1390. The van der Waals surface area contributed by atoms with Crippen molar-refractivity contribution in [1.82, 2.24) is 24.7 Å². The Morgan fingerprint density at radius 3 is 2.15 bits per heavy atom. The van der Waals surface area contributed by atoms with Gasteiger partial charge in [0, 0.05) is 62.4 Å². The first-order chi connectivity index (χ1) is 19.4. The number of fused-ring (bicyclic) bond motifs is 1. The third-order valence-corrected chi connectivity index (χ3v) is 9.16. The highest BCUT2D eigenvalue weighted by Crippen LogP contribution is 2.40. The Morgan fingerprint density at radius 1 is 0.850 bits per heavy atom. The van der Waals surface area contributed by atoms with E-state index < -0.39 is 0 Å². The molecule has 1 unspecified atom stereocenters. The van der Waals surface area contributed by atoms with Crippen LogP contribution in [-0.2, 0) is 5.41 Å². The zero-order chi connectivity index (χ0) is 27.7. The van der Waals surface area contributed by atoms with E-state index in [0.29, 0.717) is 18.0 Å². The summed E-state index contributed by atoms with van der Waals surface area (Å²) in [6.07, 6.45) is 6.79. The van der Waals surface area contributed by atoms with Gasteiger partial charge in [-0.1, -0.05) is 48.5 Å². The summed E-state index contributed by atoms with van der Waals surface area (Å²) in [6.45, 7) is 8.64. The minimum atomic E-state index is 0.0392. The monoisotopic (exact) mass is 535 g/mol. The molecule has 0 N–H and O–H groups in total. The van der Waals surface area contributed by atoms with E-state index in [1.54, 1.807) is 0 Å². The van der Waals surface area contributed by atoms with E-state index in [1.807, 2.05) is 54.0 Å². The van der Waals surface area contributed by atoms with Gasteiger partial charge in [0.25, 0.3) is 11.8 Å². The first-order valence-corrected chi connectivity index (χ1v) is 14.4. The Labute approximate surface area is 236 Å². The summed E-state index contributed by atoms with van der Waals surface area (Å²) in [4.78, 5) is 41.3. The number of aryl methyl sites for hydroxylation is 2. The van der Waals surface area contributed by atoms with Gasteiger partial charge in [-0.15, -0.1) is 0 Å². The highest BCUT2D eigenvalue weighted by molar-refractivity contribution is 5.96. The number of hydrogen-bond donors (Lipinski definition) is 0. The number of rotatable bonds is 6. The molecule has 0 spiro atoms. The molecule has 2 amide bonds. The second-order valence-electron chi connectivity index (χ2n) is 11.6. The van der Waals surface area contributed by atoms with Gasteiger partial charge in [0.15, 0.2) is 0 Å². The molecule has 2 aromatic carbocycles. The van der Waals surface area contributed by atoms with Crippen LogP contribution in [0.2, 0.25) is 0 Å². The number of aromatic nitrogens is 2. The first kappa shape index (κ1) is 26.2. The average molecular weight is 536 g/mol. The minimum Gasteiger partial charge on any atom is -0.377 e. The third kappa shape index (κ3) is 5.01. The predicted octanol–water partition coefficient (Wildman–Crippen LogP) is 4.63. The highest BCUT2D eigenvalue weighted by Gasteiger charge is 2.40. The second-order valence-corrected chi connectivity index (χ2v) is 11.6. The number of piperidine rings is 1. The van der Waals surface area contributed by atoms with Crippen LogP contribution < -0.4 is 0 Å². The summed E-state index contributed by atoms with van der Waals surface area (Å²) in [5, 5.41) is 0. The van der Waals surface area contributed by atoms with Gasteiger partial charge in [0.05, 0.1) is 17.0 Å². The summed E-state index contributed by atoms with van der Waals surface area (Å²) < 4.78 is 0. The van der Waals surface area contributed by atoms with Crippen molar-refractivity contribution < 1.29 is 9.59 Å². The lowest BCUT2D eigenvalue weighted by Crippen LogP contribution is -2.46. The van der Waals surface area contributed by atoms with Crippen molar-refractivity contribution in [2.45, 2.75) is 38.5 Å². The number of carbonyl (C=O) groups is 2. The zero-order valence-electron chi connectivity index (χ0n) is 23.4. The molecule has 4 heterocycles. The number of carbonyl (C=O) groups excluding carboxylic acids is 2. The lowest BCUT2D eigenvalue weighted by atomic mass is 9.70. The number of likely N-dealkylation sites (tertiary alicyclic amines) is 2. The molecule has 2 fully saturated rings. The van der Waals surface area contributed by atoms with Crippen molar-refractivity contribution in [2.24, 2.45) is 5.92 Å². The van der Waals surface area contributed by atoms with Crippen molar-refractivity contribution in [1.29, 1.82) is 0 Å². The second kappa shape index (κ2) is 10.9. The first-order valence-electron chi connectivity index (χ1n) is 14.4. The Morgan fingerprint density at radius 2 is 1.50 bits per heavy atom. The predicted molar refractivity (Wildman–Crippen MR) is 155 cm³/mol. The molecule has 6 rings (SSSR count). The Kier molecular flexibility index (Phi) is 7.13. The molecule has 0 aliphatic carbocycles. The maximum atomic E-state index is 13.3. The van der Waals surface area contributed by atoms with Gasteiger partial charge < -0.3 is 14.7 Å². The topological polar surface area (TPSA) is 69.6 Å². The third-order valence-electron chi connectivity index (χ3n) is 9.16. The fraction of sp³-hybridized carbons (Fsp3) is 0.394. The lowest BCUT2D eigenvalue weighted by Gasteiger charge is -2.43. The fourth-order valence-electron chi connectivity index (χ4n) is 6.79. The van der Waals surface area contributed by atoms with Gasteiger partial charge >= 0.3 is 0 Å². The molecule has 7 heteroatoms. The van der Waals surface area contributed by atoms with E-state index >= 15 is 0 Å². The van der Waals surface area contributed by atoms with Crippen molar-refractivity contribution in [3.8, 4) is 0 Å². The largest absolute Gasteiger partial charge is 0.377 e. The number of benzene rings is 2. The van der Waals surface area contributed by atoms with Crippen molar-refractivity contribution >= 4 is 11.8 Å². The molecule has 2 saturated heterocycles. The normalized spacial score (nSPS) is 19.9. The van der Waals surface area contributed by atoms with Crippen LogP contribution in [0, 0.1) is 19.8 Å². The van der Waals surface area contributed by atoms with E-state index in [0.717, 1.165) is 68.9 Å². The number of hydrogen-bond acceptors (Lipinski definition) is 5. The van der Waals surface area contributed by atoms with Crippen LogP contribution in [0.3, 0.4) is 0 Å². The smallest absolute Gasteiger partial charge is 0.257 e. The maximum Gasteiger partial charge on any atom is 0.257 e. The number of amides is 2. The van der Waals surface area contributed by atoms with Gasteiger partial charge in [-0.2, -0.15) is 0 Å². The van der Waals surface area contributed by atoms with Crippen LogP contribution in [0.4, 0.5) is 0 Å². The molecule has 3 aliphatic heterocycles. The molecule has 40 heavy (non-hydrogen) atoms. The molecule has 1 atom stereocenters. The van der Waals surface area contributed by atoms with Crippen LogP contribution in [-0.4, -0.2) is 75.8 Å². The van der Waals surface area contributed by atoms with Gasteiger partial charge in [-0.3, -0.25) is 9.59 Å². The van der Waals surface area contributed by atoms with E-state index in [1.165, 1.54) is 17.5 Å². The van der Waals surface area contributed by atoms with Crippen LogP contribution in [0.25, 0.3) is 0 Å². The molecular weight excluding hydrogens is 498 g/mol. The minimum absolute atomic E-state index is 0.0392. The number of nitrogens with zero attached hydrogens (tertiary/aromatic N) is 5. The standard InChI is InChI=1S/C33H37N5O2/c1-24-30(25(2)35-23-34-24)32(40)38-21-27-19-36(20-28(27)22-38)16-13-33(29-11-7-4-8-12-29)14-17-37(18-15-33)31(39)26-9-5-3-6-10-26/h3-12,19,23,28H,13-18,20-22H2,1-2H3. The summed E-state index contributed by atoms with van der Waals surface area (Å²) >= 11 is 0. The van der Waals surface area contributed by atoms with Crippen molar-refractivity contribution in [2.75, 3.05) is 39.3 Å². The highest BCUT2D eigenvalue weighted by atomic mass is 16.2. The van der Waals surface area contributed by atoms with E-state index in [-0.39, 0.29) is 17.2 Å². The molecule has 3 aromatic rings. The summed E-state index contributed by atoms with van der Waals surface area (Å²) in [5.74, 6) is 0.551.